The van der Waals surface area contributed by atoms with Crippen LogP contribution in [0.2, 0.25) is 0 Å². The Morgan fingerprint density at radius 1 is 0.354 bits per heavy atom. The number of rotatable bonds is 20. The Bertz CT molecular complexity index is 3640. The molecule has 0 N–H and O–H groups in total. The maximum absolute atomic E-state index is 12.7. The van der Waals surface area contributed by atoms with Crippen molar-refractivity contribution in [1.82, 2.24) is 0 Å². The lowest BCUT2D eigenvalue weighted by Crippen LogP contribution is -2.24. The smallest absolute Gasteiger partial charge is 0.456 e. The molecular formula is C67H49N3O12. The summed E-state index contributed by atoms with van der Waals surface area (Å²) in [7, 11) is 0. The fourth-order valence-electron chi connectivity index (χ4n) is 8.62. The van der Waals surface area contributed by atoms with E-state index < -0.39 is 23.9 Å². The van der Waals surface area contributed by atoms with Gasteiger partial charge in [-0.2, -0.15) is 15.8 Å². The van der Waals surface area contributed by atoms with Crippen LogP contribution in [0, 0.1) is 34.0 Å². The van der Waals surface area contributed by atoms with Gasteiger partial charge in [0.05, 0.1) is 0 Å². The Kier molecular flexibility index (Phi) is 18.1. The second kappa shape index (κ2) is 26.8. The molecule has 0 heterocycles. The van der Waals surface area contributed by atoms with Crippen LogP contribution in [-0.4, -0.2) is 18.5 Å². The molecule has 82 heavy (non-hydrogen) atoms. The summed E-state index contributed by atoms with van der Waals surface area (Å²) in [6, 6.07) is 70.1. The predicted octanol–water partition coefficient (Wildman–Crippen LogP) is 15.8. The second-order valence-corrected chi connectivity index (χ2v) is 18.4. The van der Waals surface area contributed by atoms with Gasteiger partial charge in [0.25, 0.3) is 0 Å². The van der Waals surface area contributed by atoms with Crippen molar-refractivity contribution in [2.45, 2.75) is 45.0 Å². The van der Waals surface area contributed by atoms with Crippen molar-refractivity contribution in [1.29, 1.82) is 15.8 Å². The van der Waals surface area contributed by atoms with Gasteiger partial charge in [-0.3, -0.25) is 0 Å². The number of nitrogens with zero attached hydrogens (tertiary/aromatic N) is 3. The van der Waals surface area contributed by atoms with Gasteiger partial charge in [0.15, 0.2) is 17.2 Å². The van der Waals surface area contributed by atoms with Crippen molar-refractivity contribution in [2.24, 2.45) is 0 Å². The van der Waals surface area contributed by atoms with E-state index in [0.29, 0.717) is 30.1 Å². The maximum Gasteiger partial charge on any atom is 0.514 e. The minimum atomic E-state index is -0.975. The van der Waals surface area contributed by atoms with Gasteiger partial charge in [0, 0.05) is 5.41 Å². The minimum absolute atomic E-state index is 0.000859. The van der Waals surface area contributed by atoms with Crippen molar-refractivity contribution in [3.63, 3.8) is 0 Å². The molecule has 0 fully saturated rings. The molecule has 0 atom stereocenters. The van der Waals surface area contributed by atoms with Gasteiger partial charge in [-0.25, -0.2) is 14.4 Å². The first kappa shape index (κ1) is 55.4. The number of carbonyl (C=O) groups excluding carboxylic acids is 3. The van der Waals surface area contributed by atoms with Crippen molar-refractivity contribution >= 4 is 18.5 Å². The summed E-state index contributed by atoms with van der Waals surface area (Å²) >= 11 is 0. The topological polar surface area (TPSA) is 206 Å². The number of aryl methyl sites for hydroxylation is 1. The first-order valence-electron chi connectivity index (χ1n) is 25.7. The van der Waals surface area contributed by atoms with Crippen LogP contribution in [0.15, 0.2) is 218 Å². The molecule has 0 saturated heterocycles. The van der Waals surface area contributed by atoms with E-state index in [1.54, 1.807) is 72.8 Å². The Labute approximate surface area is 472 Å². The van der Waals surface area contributed by atoms with E-state index in [4.69, 9.17) is 42.6 Å². The highest BCUT2D eigenvalue weighted by atomic mass is 16.7. The van der Waals surface area contributed by atoms with Crippen LogP contribution in [0.4, 0.5) is 14.4 Å². The van der Waals surface area contributed by atoms with Gasteiger partial charge in [-0.1, -0.05) is 153 Å². The molecule has 9 rings (SSSR count). The largest absolute Gasteiger partial charge is 0.514 e. The van der Waals surface area contributed by atoms with E-state index in [9.17, 15) is 30.2 Å². The molecular weight excluding hydrogens is 1040 g/mol. The van der Waals surface area contributed by atoms with Crippen molar-refractivity contribution < 1.29 is 57.0 Å². The highest BCUT2D eigenvalue weighted by molar-refractivity contribution is 5.69. The number of hydrogen-bond acceptors (Lipinski definition) is 15. The Morgan fingerprint density at radius 3 is 0.951 bits per heavy atom. The number of hydrogen-bond donors (Lipinski definition) is 0. The summed E-state index contributed by atoms with van der Waals surface area (Å²) in [6.45, 7) is 2.09. The number of benzene rings is 9. The van der Waals surface area contributed by atoms with Crippen LogP contribution >= 0.6 is 0 Å². The van der Waals surface area contributed by atoms with E-state index in [1.807, 2.05) is 127 Å². The van der Waals surface area contributed by atoms with Crippen LogP contribution in [-0.2, 0) is 45.9 Å². The predicted molar refractivity (Wildman–Crippen MR) is 300 cm³/mol. The van der Waals surface area contributed by atoms with Gasteiger partial charge >= 0.3 is 18.5 Å². The van der Waals surface area contributed by atoms with Gasteiger partial charge in [-0.05, 0) is 119 Å². The Morgan fingerprint density at radius 2 is 0.646 bits per heavy atom. The van der Waals surface area contributed by atoms with Crippen LogP contribution in [0.3, 0.4) is 0 Å². The molecule has 0 bridgehead atoms. The van der Waals surface area contributed by atoms with E-state index in [2.05, 4.69) is 25.1 Å². The number of nitriles is 3. The summed E-state index contributed by atoms with van der Waals surface area (Å²) in [5.74, 6) is 1.72. The zero-order valence-corrected chi connectivity index (χ0v) is 44.1. The Hall–Kier alpha value is -11.3. The van der Waals surface area contributed by atoms with Crippen molar-refractivity contribution in [3.8, 4) is 70.0 Å². The molecule has 0 aliphatic heterocycles. The molecule has 0 unspecified atom stereocenters. The van der Waals surface area contributed by atoms with Gasteiger partial charge < -0.3 is 42.6 Å². The lowest BCUT2D eigenvalue weighted by molar-refractivity contribution is 0.0916. The molecule has 0 spiro atoms. The number of ether oxygens (including phenoxy) is 9. The van der Waals surface area contributed by atoms with Gasteiger partial charge in [0.1, 0.15) is 89.2 Å². The summed E-state index contributed by atoms with van der Waals surface area (Å²) in [5.41, 5.74) is 4.48. The lowest BCUT2D eigenvalue weighted by Gasteiger charge is -2.32. The summed E-state index contributed by atoms with van der Waals surface area (Å²) in [5, 5.41) is 30.5. The van der Waals surface area contributed by atoms with Crippen LogP contribution in [0.5, 0.6) is 51.7 Å². The van der Waals surface area contributed by atoms with E-state index in [-0.39, 0.29) is 71.0 Å². The average Bonchev–Trinajstić information content (AvgIpc) is 3.71. The fourth-order valence-corrected chi connectivity index (χ4v) is 8.62. The summed E-state index contributed by atoms with van der Waals surface area (Å²) in [6.07, 6.45) is -1.74. The van der Waals surface area contributed by atoms with Crippen LogP contribution < -0.4 is 28.4 Å². The van der Waals surface area contributed by atoms with Crippen LogP contribution in [0.1, 0.15) is 63.4 Å². The molecule has 15 heteroatoms. The monoisotopic (exact) mass is 1090 g/mol. The quantitative estimate of drug-likeness (QED) is 0.0395. The normalized spacial score (nSPS) is 10.6. The van der Waals surface area contributed by atoms with E-state index in [0.717, 1.165) is 33.4 Å². The third kappa shape index (κ3) is 14.4. The molecule has 0 radical (unpaired) electrons. The zero-order chi connectivity index (χ0) is 57.1. The summed E-state index contributed by atoms with van der Waals surface area (Å²) in [4.78, 5) is 37.9. The first-order valence-corrected chi connectivity index (χ1v) is 25.7. The van der Waals surface area contributed by atoms with E-state index in [1.165, 1.54) is 18.2 Å². The third-order valence-corrected chi connectivity index (χ3v) is 13.0. The van der Waals surface area contributed by atoms with Crippen LogP contribution in [0.25, 0.3) is 0 Å². The third-order valence-electron chi connectivity index (χ3n) is 13.0. The second-order valence-electron chi connectivity index (χ2n) is 18.4. The lowest BCUT2D eigenvalue weighted by atomic mass is 9.72. The van der Waals surface area contributed by atoms with Gasteiger partial charge in [-0.15, -0.1) is 0 Å². The first-order chi connectivity index (χ1) is 40.1. The average molecular weight is 1090 g/mol. The highest BCUT2D eigenvalue weighted by Crippen LogP contribution is 2.41. The molecule has 15 nitrogen and oxygen atoms in total. The molecule has 9 aromatic rings. The highest BCUT2D eigenvalue weighted by Gasteiger charge is 2.30. The minimum Gasteiger partial charge on any atom is -0.456 e. The molecule has 0 saturated carbocycles. The molecule has 0 aliphatic carbocycles. The maximum atomic E-state index is 12.7. The zero-order valence-electron chi connectivity index (χ0n) is 44.1. The van der Waals surface area contributed by atoms with Crippen molar-refractivity contribution in [3.05, 3.63) is 268 Å². The Balaban J connectivity index is 0.918. The SMILES string of the molecule is CC(CCc1ccc(Oc2cccc(OC(=O)OCc3ccccc3)c2C#N)cc1)(c1ccc(Oc2cccc(OC(=O)OCc3ccccc3)c2C#N)cc1)c1ccc(Oc2cccc(OC(=O)OCc3ccccc3)c2C#N)cc1. The molecule has 404 valence electrons. The standard InChI is InChI=1S/C67H49N3O12/c1-67(50-28-34-53(35-29-50)78-59-21-12-24-62(56(59)41-69)81-65(72)75-44-48-16-7-3-8-17-48,51-30-36-54(37-31-51)79-60-22-13-25-63(57(60)42-70)82-66(73)76-45-49-18-9-4-10-19-49)39-38-46-26-32-52(33-27-46)77-58-20-11-23-61(55(58)40-68)80-64(71)74-43-47-14-5-2-6-15-47/h2-37H,38-39,43-45H2,1H3. The molecule has 9 aromatic carbocycles. The van der Waals surface area contributed by atoms with E-state index >= 15 is 0 Å². The number of carbonyl (C=O) groups is 3. The summed E-state index contributed by atoms with van der Waals surface area (Å²) < 4.78 is 50.7. The molecule has 0 aliphatic rings. The molecule has 0 aromatic heterocycles. The molecule has 0 amide bonds. The fraction of sp³-hybridized carbons (Fsp3) is 0.104. The van der Waals surface area contributed by atoms with Gasteiger partial charge in [0.2, 0.25) is 0 Å². The van der Waals surface area contributed by atoms with Crippen molar-refractivity contribution in [2.75, 3.05) is 0 Å².